The van der Waals surface area contributed by atoms with Crippen molar-refractivity contribution in [3.63, 3.8) is 0 Å². The zero-order valence-electron chi connectivity index (χ0n) is 24.9. The molecule has 0 bridgehead atoms. The van der Waals surface area contributed by atoms with Crippen LogP contribution in [-0.4, -0.2) is 0 Å². The molecule has 2 nitrogen and oxygen atoms in total. The first-order valence-electron chi connectivity index (χ1n) is 15.4. The van der Waals surface area contributed by atoms with Crippen molar-refractivity contribution in [3.8, 4) is 0 Å². The van der Waals surface area contributed by atoms with Crippen molar-refractivity contribution in [3.05, 3.63) is 170 Å². The molecule has 2 heterocycles. The van der Waals surface area contributed by atoms with Gasteiger partial charge in [-0.15, -0.1) is 22.7 Å². The summed E-state index contributed by atoms with van der Waals surface area (Å²) in [5, 5.41) is 5.19. The molecule has 0 radical (unpaired) electrons. The second kappa shape index (κ2) is 11.2. The molecule has 218 valence electrons. The molecule has 0 spiro atoms. The van der Waals surface area contributed by atoms with E-state index in [4.69, 9.17) is 0 Å². The van der Waals surface area contributed by atoms with Gasteiger partial charge in [0.2, 0.25) is 0 Å². The van der Waals surface area contributed by atoms with Crippen LogP contribution in [0.15, 0.2) is 170 Å². The Bertz CT molecular complexity index is 2440. The topological polar surface area (TPSA) is 6.48 Å². The van der Waals surface area contributed by atoms with E-state index in [0.29, 0.717) is 0 Å². The first kappa shape index (κ1) is 26.9. The average Bonchev–Trinajstić information content (AvgIpc) is 3.67. The predicted molar refractivity (Wildman–Crippen MR) is 202 cm³/mol. The molecular weight excluding hydrogens is 597 g/mol. The fourth-order valence-electron chi connectivity index (χ4n) is 6.51. The number of anilines is 6. The summed E-state index contributed by atoms with van der Waals surface area (Å²) in [6, 6.07) is 61.3. The summed E-state index contributed by atoms with van der Waals surface area (Å²) >= 11 is 3.72. The zero-order valence-corrected chi connectivity index (χ0v) is 26.5. The van der Waals surface area contributed by atoms with Crippen LogP contribution in [0.2, 0.25) is 0 Å². The van der Waals surface area contributed by atoms with Crippen LogP contribution in [0.1, 0.15) is 0 Å². The number of rotatable bonds is 6. The molecule has 0 N–H and O–H groups in total. The summed E-state index contributed by atoms with van der Waals surface area (Å²) in [6.45, 7) is 0. The van der Waals surface area contributed by atoms with Gasteiger partial charge in [0, 0.05) is 74.5 Å². The highest BCUT2D eigenvalue weighted by atomic mass is 32.1. The standard InChI is InChI=1S/C42H28N2S2/c1-4-12-29(13-5-1)43(30-14-6-2-7-15-30)33-21-24-37-38-26-32(22-25-40(38)46-42(37)27-33)44(31-16-8-3-9-17-31)34-20-23-36-35-18-10-11-19-39(35)45-41(36)28-34/h1-28H. The maximum Gasteiger partial charge on any atom is 0.0476 e. The number of hydrogen-bond donors (Lipinski definition) is 0. The Labute approximate surface area is 275 Å². The van der Waals surface area contributed by atoms with E-state index in [0.717, 1.165) is 34.1 Å². The molecule has 0 aliphatic carbocycles. The number of nitrogens with zero attached hydrogens (tertiary/aromatic N) is 2. The zero-order chi connectivity index (χ0) is 30.5. The van der Waals surface area contributed by atoms with Crippen LogP contribution < -0.4 is 9.80 Å². The van der Waals surface area contributed by atoms with E-state index in [-0.39, 0.29) is 0 Å². The molecule has 9 aromatic rings. The lowest BCUT2D eigenvalue weighted by Crippen LogP contribution is -2.09. The molecular formula is C42H28N2S2. The van der Waals surface area contributed by atoms with Gasteiger partial charge in [-0.2, -0.15) is 0 Å². The highest BCUT2D eigenvalue weighted by molar-refractivity contribution is 7.26. The lowest BCUT2D eigenvalue weighted by Gasteiger charge is -2.26. The van der Waals surface area contributed by atoms with Crippen molar-refractivity contribution in [2.75, 3.05) is 9.80 Å². The Kier molecular flexibility index (Phi) is 6.55. The molecule has 0 saturated carbocycles. The molecule has 0 saturated heterocycles. The summed E-state index contributed by atoms with van der Waals surface area (Å²) in [5.41, 5.74) is 6.90. The Morgan fingerprint density at radius 3 is 1.22 bits per heavy atom. The van der Waals surface area contributed by atoms with E-state index in [2.05, 4.69) is 180 Å². The monoisotopic (exact) mass is 624 g/mol. The molecule has 2 aromatic heterocycles. The summed E-state index contributed by atoms with van der Waals surface area (Å²) in [4.78, 5) is 4.71. The van der Waals surface area contributed by atoms with Crippen molar-refractivity contribution < 1.29 is 0 Å². The van der Waals surface area contributed by atoms with Gasteiger partial charge >= 0.3 is 0 Å². The number of para-hydroxylation sites is 3. The van der Waals surface area contributed by atoms with Crippen LogP contribution in [-0.2, 0) is 0 Å². The third kappa shape index (κ3) is 4.62. The first-order valence-corrected chi connectivity index (χ1v) is 17.1. The van der Waals surface area contributed by atoms with E-state index < -0.39 is 0 Å². The second-order valence-electron chi connectivity index (χ2n) is 11.4. The second-order valence-corrected chi connectivity index (χ2v) is 13.6. The lowest BCUT2D eigenvalue weighted by molar-refractivity contribution is 1.29. The minimum Gasteiger partial charge on any atom is -0.310 e. The summed E-state index contributed by atoms with van der Waals surface area (Å²) in [5.74, 6) is 0. The van der Waals surface area contributed by atoms with Crippen molar-refractivity contribution in [2.24, 2.45) is 0 Å². The fourth-order valence-corrected chi connectivity index (χ4v) is 8.77. The van der Waals surface area contributed by atoms with Gasteiger partial charge in [-0.1, -0.05) is 84.9 Å². The Balaban J connectivity index is 1.18. The van der Waals surface area contributed by atoms with Crippen LogP contribution in [0.25, 0.3) is 40.3 Å². The van der Waals surface area contributed by atoms with E-state index in [1.54, 1.807) is 0 Å². The summed E-state index contributed by atoms with van der Waals surface area (Å²) in [7, 11) is 0. The summed E-state index contributed by atoms with van der Waals surface area (Å²) < 4.78 is 5.19. The SMILES string of the molecule is c1ccc(N(c2ccccc2)c2ccc3c(c2)sc2ccc(N(c4ccccc4)c4ccc5c(c4)sc4ccccc45)cc23)cc1. The Hall–Kier alpha value is -5.42. The molecule has 0 unspecified atom stereocenters. The van der Waals surface area contributed by atoms with Gasteiger partial charge in [0.15, 0.2) is 0 Å². The normalized spacial score (nSPS) is 11.5. The molecule has 0 aliphatic heterocycles. The van der Waals surface area contributed by atoms with Gasteiger partial charge in [-0.05, 0) is 84.9 Å². The van der Waals surface area contributed by atoms with Crippen LogP contribution in [0.5, 0.6) is 0 Å². The largest absolute Gasteiger partial charge is 0.310 e. The van der Waals surface area contributed by atoms with Gasteiger partial charge in [-0.3, -0.25) is 0 Å². The van der Waals surface area contributed by atoms with Crippen LogP contribution in [0.3, 0.4) is 0 Å². The molecule has 0 fully saturated rings. The van der Waals surface area contributed by atoms with Crippen molar-refractivity contribution >= 4 is 97.1 Å². The predicted octanol–water partition coefficient (Wildman–Crippen LogP) is 13.4. The Morgan fingerprint density at radius 1 is 0.261 bits per heavy atom. The van der Waals surface area contributed by atoms with E-state index in [9.17, 15) is 0 Å². The van der Waals surface area contributed by atoms with Crippen molar-refractivity contribution in [1.82, 2.24) is 0 Å². The van der Waals surface area contributed by atoms with Gasteiger partial charge in [-0.25, -0.2) is 0 Å². The van der Waals surface area contributed by atoms with E-state index in [1.165, 1.54) is 40.3 Å². The third-order valence-corrected chi connectivity index (χ3v) is 10.9. The van der Waals surface area contributed by atoms with Crippen molar-refractivity contribution in [1.29, 1.82) is 0 Å². The number of fused-ring (bicyclic) bond motifs is 6. The molecule has 0 atom stereocenters. The maximum absolute atomic E-state index is 2.38. The maximum atomic E-state index is 2.38. The fraction of sp³-hybridized carbons (Fsp3) is 0. The minimum absolute atomic E-state index is 1.14. The number of thiophene rings is 2. The van der Waals surface area contributed by atoms with Crippen molar-refractivity contribution in [2.45, 2.75) is 0 Å². The molecule has 0 amide bonds. The van der Waals surface area contributed by atoms with Gasteiger partial charge < -0.3 is 9.80 Å². The lowest BCUT2D eigenvalue weighted by atomic mass is 10.1. The molecule has 9 rings (SSSR count). The van der Waals surface area contributed by atoms with Crippen LogP contribution >= 0.6 is 22.7 Å². The highest BCUT2D eigenvalue weighted by Gasteiger charge is 2.18. The Morgan fingerprint density at radius 2 is 0.652 bits per heavy atom. The molecule has 46 heavy (non-hydrogen) atoms. The average molecular weight is 625 g/mol. The quantitative estimate of drug-likeness (QED) is 0.182. The van der Waals surface area contributed by atoms with E-state index >= 15 is 0 Å². The molecule has 4 heteroatoms. The highest BCUT2D eigenvalue weighted by Crippen LogP contribution is 2.44. The van der Waals surface area contributed by atoms with Gasteiger partial charge in [0.05, 0.1) is 0 Å². The van der Waals surface area contributed by atoms with E-state index in [1.807, 2.05) is 22.7 Å². The van der Waals surface area contributed by atoms with Gasteiger partial charge in [0.1, 0.15) is 0 Å². The minimum atomic E-state index is 1.14. The third-order valence-electron chi connectivity index (χ3n) is 8.62. The number of benzene rings is 7. The van der Waals surface area contributed by atoms with Crippen LogP contribution in [0, 0.1) is 0 Å². The first-order chi connectivity index (χ1) is 22.8. The molecule has 7 aromatic carbocycles. The van der Waals surface area contributed by atoms with Crippen LogP contribution in [0.4, 0.5) is 34.1 Å². The summed E-state index contributed by atoms with van der Waals surface area (Å²) in [6.07, 6.45) is 0. The molecule has 0 aliphatic rings. The number of hydrogen-bond acceptors (Lipinski definition) is 4. The van der Waals surface area contributed by atoms with Gasteiger partial charge in [0.25, 0.3) is 0 Å². The smallest absolute Gasteiger partial charge is 0.0476 e.